The highest BCUT2D eigenvalue weighted by Gasteiger charge is 2.37. The largest absolute Gasteiger partial charge is 0.350 e. The summed E-state index contributed by atoms with van der Waals surface area (Å²) in [6.07, 6.45) is 7.07. The maximum absolute atomic E-state index is 13.6. The van der Waals surface area contributed by atoms with Gasteiger partial charge in [0.05, 0.1) is 6.04 Å². The Bertz CT molecular complexity index is 965. The minimum absolute atomic E-state index is 0.177. The average molecular weight is 498 g/mol. The lowest BCUT2D eigenvalue weighted by molar-refractivity contribution is -0.144. The number of hydrogen-bond acceptors (Lipinski definition) is 5. The molecule has 4 atom stereocenters. The van der Waals surface area contributed by atoms with Gasteiger partial charge in [-0.05, 0) is 62.9 Å². The number of nitrogens with zero attached hydrogens (tertiary/aromatic N) is 1. The summed E-state index contributed by atoms with van der Waals surface area (Å²) in [6, 6.07) is 5.61. The molecule has 4 amide bonds. The highest BCUT2D eigenvalue weighted by atomic mass is 16.2. The molecule has 0 aromatic heterocycles. The zero-order chi connectivity index (χ0) is 26.1. The fraction of sp³-hybridized carbons (Fsp3) is 0.556. The van der Waals surface area contributed by atoms with Gasteiger partial charge in [0.25, 0.3) is 0 Å². The van der Waals surface area contributed by atoms with Crippen molar-refractivity contribution in [1.29, 1.82) is 0 Å². The van der Waals surface area contributed by atoms with E-state index in [1.54, 1.807) is 37.1 Å². The lowest BCUT2D eigenvalue weighted by atomic mass is 9.90. The van der Waals surface area contributed by atoms with Crippen molar-refractivity contribution < 1.29 is 19.2 Å². The van der Waals surface area contributed by atoms with E-state index in [1.807, 2.05) is 6.07 Å². The van der Waals surface area contributed by atoms with Gasteiger partial charge in [-0.2, -0.15) is 0 Å². The topological polar surface area (TPSA) is 120 Å². The van der Waals surface area contributed by atoms with Crippen molar-refractivity contribution in [2.45, 2.75) is 76.5 Å². The van der Waals surface area contributed by atoms with Crippen molar-refractivity contribution in [3.63, 3.8) is 0 Å². The first-order valence-electron chi connectivity index (χ1n) is 12.9. The molecule has 2 aliphatic heterocycles. The second-order valence-electron chi connectivity index (χ2n) is 9.75. The Morgan fingerprint density at radius 1 is 1.14 bits per heavy atom. The van der Waals surface area contributed by atoms with Crippen LogP contribution in [0.2, 0.25) is 0 Å². The van der Waals surface area contributed by atoms with E-state index in [1.165, 1.54) is 6.08 Å². The summed E-state index contributed by atoms with van der Waals surface area (Å²) < 4.78 is 0. The molecule has 36 heavy (non-hydrogen) atoms. The summed E-state index contributed by atoms with van der Waals surface area (Å²) in [5.41, 5.74) is 1.45. The molecule has 3 rings (SSSR count). The van der Waals surface area contributed by atoms with Crippen LogP contribution in [0.4, 0.5) is 5.69 Å². The van der Waals surface area contributed by atoms with Crippen molar-refractivity contribution in [2.75, 3.05) is 18.9 Å². The molecule has 0 spiro atoms. The zero-order valence-corrected chi connectivity index (χ0v) is 21.3. The minimum Gasteiger partial charge on any atom is -0.350 e. The number of anilines is 1. The Kier molecular flexibility index (Phi) is 10.0. The van der Waals surface area contributed by atoms with E-state index >= 15 is 0 Å². The molecule has 2 bridgehead atoms. The van der Waals surface area contributed by atoms with Crippen LogP contribution in [0.25, 0.3) is 0 Å². The zero-order valence-electron chi connectivity index (χ0n) is 21.3. The van der Waals surface area contributed by atoms with Crippen LogP contribution in [0.15, 0.2) is 36.9 Å². The highest BCUT2D eigenvalue weighted by Crippen LogP contribution is 2.28. The Morgan fingerprint density at radius 3 is 2.61 bits per heavy atom. The van der Waals surface area contributed by atoms with Crippen LogP contribution in [0, 0.1) is 5.92 Å². The molecular formula is C27H39N5O4. The molecule has 9 nitrogen and oxygen atoms in total. The van der Waals surface area contributed by atoms with Gasteiger partial charge >= 0.3 is 0 Å². The molecule has 9 heteroatoms. The van der Waals surface area contributed by atoms with Gasteiger partial charge in [0.15, 0.2) is 0 Å². The number of likely N-dealkylation sites (N-methyl/N-ethyl adjacent to an activating group) is 1. The quantitative estimate of drug-likeness (QED) is 0.410. The second kappa shape index (κ2) is 13.2. The Morgan fingerprint density at radius 2 is 1.89 bits per heavy atom. The van der Waals surface area contributed by atoms with Crippen molar-refractivity contribution in [3.8, 4) is 0 Å². The molecular weight excluding hydrogens is 458 g/mol. The van der Waals surface area contributed by atoms with Crippen LogP contribution in [-0.4, -0.2) is 60.2 Å². The van der Waals surface area contributed by atoms with Crippen molar-refractivity contribution in [1.82, 2.24) is 20.9 Å². The summed E-state index contributed by atoms with van der Waals surface area (Å²) in [4.78, 5) is 52.8. The number of benzene rings is 1. The van der Waals surface area contributed by atoms with Crippen LogP contribution < -0.4 is 21.3 Å². The summed E-state index contributed by atoms with van der Waals surface area (Å²) >= 11 is 0. The lowest BCUT2D eigenvalue weighted by Crippen LogP contribution is -2.57. The molecule has 2 fully saturated rings. The number of fused-ring (bicyclic) bond motifs is 3. The molecule has 0 saturated carbocycles. The fourth-order valence-corrected chi connectivity index (χ4v) is 4.96. The van der Waals surface area contributed by atoms with Crippen LogP contribution in [0.3, 0.4) is 0 Å². The predicted octanol–water partition coefficient (Wildman–Crippen LogP) is 2.09. The SMILES string of the molecule is C=CC(=O)Nc1cccc(CNC(=O)[C@@H]2CCCC3CCC[C@H](NC(=O)[C@H](C)NC)C(=O)N2CC3)c1. The first-order valence-corrected chi connectivity index (χ1v) is 12.9. The van der Waals surface area contributed by atoms with Gasteiger partial charge in [0.1, 0.15) is 12.1 Å². The second-order valence-corrected chi connectivity index (χ2v) is 9.75. The van der Waals surface area contributed by atoms with E-state index in [2.05, 4.69) is 27.8 Å². The Labute approximate surface area is 213 Å². The number of amides is 4. The van der Waals surface area contributed by atoms with Gasteiger partial charge in [-0.3, -0.25) is 19.2 Å². The third-order valence-electron chi connectivity index (χ3n) is 7.22. The molecule has 2 saturated heterocycles. The molecule has 2 heterocycles. The number of rotatable bonds is 8. The minimum atomic E-state index is -0.634. The van der Waals surface area contributed by atoms with Gasteiger partial charge in [-0.1, -0.05) is 44.4 Å². The fourth-order valence-electron chi connectivity index (χ4n) is 4.96. The predicted molar refractivity (Wildman–Crippen MR) is 139 cm³/mol. The van der Waals surface area contributed by atoms with E-state index in [0.29, 0.717) is 31.0 Å². The molecule has 1 aromatic rings. The van der Waals surface area contributed by atoms with Gasteiger partial charge in [-0.15, -0.1) is 0 Å². The first kappa shape index (κ1) is 27.4. The Hall–Kier alpha value is -3.20. The van der Waals surface area contributed by atoms with E-state index in [9.17, 15) is 19.2 Å². The molecule has 2 aliphatic rings. The third kappa shape index (κ3) is 7.40. The highest BCUT2D eigenvalue weighted by molar-refractivity contribution is 5.99. The number of carbonyl (C=O) groups excluding carboxylic acids is 4. The summed E-state index contributed by atoms with van der Waals surface area (Å²) in [6.45, 7) is 6.00. The third-order valence-corrected chi connectivity index (χ3v) is 7.22. The monoisotopic (exact) mass is 497 g/mol. The van der Waals surface area contributed by atoms with E-state index in [4.69, 9.17) is 0 Å². The number of hydrogen-bond donors (Lipinski definition) is 4. The molecule has 1 unspecified atom stereocenters. The Balaban J connectivity index is 1.73. The van der Waals surface area contributed by atoms with Crippen LogP contribution in [-0.2, 0) is 25.7 Å². The normalized spacial score (nSPS) is 23.2. The van der Waals surface area contributed by atoms with Crippen LogP contribution in [0.5, 0.6) is 0 Å². The lowest BCUT2D eigenvalue weighted by Gasteiger charge is -2.36. The number of nitrogens with one attached hydrogen (secondary N) is 4. The van der Waals surface area contributed by atoms with Gasteiger partial charge in [0.2, 0.25) is 23.6 Å². The van der Waals surface area contributed by atoms with E-state index in [0.717, 1.165) is 37.7 Å². The van der Waals surface area contributed by atoms with E-state index in [-0.39, 0.29) is 30.2 Å². The molecule has 4 N–H and O–H groups in total. The van der Waals surface area contributed by atoms with Crippen LogP contribution >= 0.6 is 0 Å². The summed E-state index contributed by atoms with van der Waals surface area (Å²) in [7, 11) is 1.71. The molecule has 0 radical (unpaired) electrons. The molecule has 196 valence electrons. The van der Waals surface area contributed by atoms with Crippen molar-refractivity contribution in [3.05, 3.63) is 42.5 Å². The van der Waals surface area contributed by atoms with E-state index < -0.39 is 18.1 Å². The maximum atomic E-state index is 13.6. The van der Waals surface area contributed by atoms with Gasteiger partial charge in [-0.25, -0.2) is 0 Å². The summed E-state index contributed by atoms with van der Waals surface area (Å²) in [5, 5.41) is 11.5. The standard InChI is InChI=1S/C27H39N5O4/c1-4-24(33)30-21-11-5-10-20(16-21)17-29-26(35)23-13-7-9-19-8-6-12-22(27(36)32(23)15-14-19)31-25(34)18(2)28-3/h4-5,10-11,16,18-19,22-23,28H,1,6-9,12-15,17H2,2-3H3,(H,29,35)(H,30,33)(H,31,34)/t18-,19?,22-,23-/m0/s1. The maximum Gasteiger partial charge on any atom is 0.247 e. The van der Waals surface area contributed by atoms with Gasteiger partial charge < -0.3 is 26.2 Å². The molecule has 0 aliphatic carbocycles. The van der Waals surface area contributed by atoms with Crippen molar-refractivity contribution >= 4 is 29.3 Å². The van der Waals surface area contributed by atoms with Crippen LogP contribution in [0.1, 0.15) is 57.4 Å². The van der Waals surface area contributed by atoms with Crippen molar-refractivity contribution in [2.24, 2.45) is 5.92 Å². The average Bonchev–Trinajstić information content (AvgIpc) is 2.91. The molecule has 1 aromatic carbocycles. The summed E-state index contributed by atoms with van der Waals surface area (Å²) in [5.74, 6) is -0.366. The first-order chi connectivity index (χ1) is 17.3. The van der Waals surface area contributed by atoms with Gasteiger partial charge in [0, 0.05) is 18.8 Å². The number of carbonyl (C=O) groups is 4. The smallest absolute Gasteiger partial charge is 0.247 e.